The number of nitrogens with zero attached hydrogens (tertiary/aromatic N) is 1. The van der Waals surface area contributed by atoms with Gasteiger partial charge in [-0.3, -0.25) is 0 Å². The summed E-state index contributed by atoms with van der Waals surface area (Å²) in [6, 6.07) is 10.4. The predicted octanol–water partition coefficient (Wildman–Crippen LogP) is 2.58. The highest BCUT2D eigenvalue weighted by Crippen LogP contribution is 2.27. The molecule has 17 heavy (non-hydrogen) atoms. The van der Waals surface area contributed by atoms with Crippen LogP contribution < -0.4 is 10.2 Å². The van der Waals surface area contributed by atoms with Crippen LogP contribution in [0.5, 0.6) is 0 Å². The first-order valence-corrected chi connectivity index (χ1v) is 6.95. The van der Waals surface area contributed by atoms with Crippen LogP contribution in [0, 0.1) is 0 Å². The summed E-state index contributed by atoms with van der Waals surface area (Å²) in [4.78, 5) is 2.55. The Morgan fingerprint density at radius 3 is 2.76 bits per heavy atom. The number of rotatable bonds is 4. The van der Waals surface area contributed by atoms with Gasteiger partial charge in [0.1, 0.15) is 0 Å². The molecule has 1 aromatic carbocycles. The van der Waals surface area contributed by atoms with Gasteiger partial charge in [-0.25, -0.2) is 0 Å². The van der Waals surface area contributed by atoms with Crippen LogP contribution in [-0.2, 0) is 6.42 Å². The van der Waals surface area contributed by atoms with Gasteiger partial charge in [0.15, 0.2) is 0 Å². The summed E-state index contributed by atoms with van der Waals surface area (Å²) in [7, 11) is 0. The van der Waals surface area contributed by atoms with E-state index in [1.807, 2.05) is 0 Å². The van der Waals surface area contributed by atoms with E-state index in [2.05, 4.69) is 41.4 Å². The number of hydrogen-bond acceptors (Lipinski definition) is 2. The van der Waals surface area contributed by atoms with Gasteiger partial charge in [0, 0.05) is 30.9 Å². The number of benzene rings is 1. The van der Waals surface area contributed by atoms with Crippen LogP contribution in [0.1, 0.15) is 31.7 Å². The van der Waals surface area contributed by atoms with E-state index in [0.717, 1.165) is 12.5 Å². The highest BCUT2D eigenvalue weighted by molar-refractivity contribution is 5.54. The van der Waals surface area contributed by atoms with Crippen LogP contribution in [0.15, 0.2) is 24.3 Å². The van der Waals surface area contributed by atoms with E-state index < -0.39 is 0 Å². The Bertz CT molecular complexity index is 384. The van der Waals surface area contributed by atoms with Crippen molar-refractivity contribution in [1.82, 2.24) is 5.32 Å². The molecule has 2 fully saturated rings. The van der Waals surface area contributed by atoms with Crippen molar-refractivity contribution < 1.29 is 0 Å². The molecule has 1 aliphatic heterocycles. The van der Waals surface area contributed by atoms with Crippen molar-refractivity contribution in [3.8, 4) is 0 Å². The molecule has 1 saturated carbocycles. The summed E-state index contributed by atoms with van der Waals surface area (Å²) in [5.74, 6) is 0. The average molecular weight is 230 g/mol. The van der Waals surface area contributed by atoms with Gasteiger partial charge in [-0.1, -0.05) is 25.1 Å². The second kappa shape index (κ2) is 4.69. The van der Waals surface area contributed by atoms with Crippen molar-refractivity contribution in [2.24, 2.45) is 0 Å². The molecule has 0 aromatic heterocycles. The van der Waals surface area contributed by atoms with Crippen LogP contribution in [0.3, 0.4) is 0 Å². The van der Waals surface area contributed by atoms with Gasteiger partial charge in [-0.15, -0.1) is 0 Å². The molecule has 1 saturated heterocycles. The van der Waals surface area contributed by atoms with E-state index in [1.165, 1.54) is 43.6 Å². The standard InChI is InChI=1S/C15H22N2/c1-2-12-5-3-4-6-15(12)17-10-9-14(11-17)16-13-7-8-13/h3-6,13-14,16H,2,7-11H2,1H3. The fourth-order valence-electron chi connectivity index (χ4n) is 2.82. The van der Waals surface area contributed by atoms with Crippen LogP contribution in [-0.4, -0.2) is 25.2 Å². The second-order valence-electron chi connectivity index (χ2n) is 5.35. The Balaban J connectivity index is 1.68. The lowest BCUT2D eigenvalue weighted by atomic mass is 10.1. The number of anilines is 1. The van der Waals surface area contributed by atoms with E-state index in [0.29, 0.717) is 6.04 Å². The zero-order valence-corrected chi connectivity index (χ0v) is 10.7. The third-order valence-corrected chi connectivity index (χ3v) is 3.95. The second-order valence-corrected chi connectivity index (χ2v) is 5.35. The van der Waals surface area contributed by atoms with Crippen molar-refractivity contribution >= 4 is 5.69 Å². The zero-order chi connectivity index (χ0) is 11.7. The number of para-hydroxylation sites is 1. The third-order valence-electron chi connectivity index (χ3n) is 3.95. The molecule has 2 nitrogen and oxygen atoms in total. The van der Waals surface area contributed by atoms with E-state index in [4.69, 9.17) is 0 Å². The molecular formula is C15H22N2. The van der Waals surface area contributed by atoms with Crippen LogP contribution >= 0.6 is 0 Å². The SMILES string of the molecule is CCc1ccccc1N1CCC(NC2CC2)C1. The molecule has 1 heterocycles. The van der Waals surface area contributed by atoms with E-state index in [1.54, 1.807) is 0 Å². The number of nitrogens with one attached hydrogen (secondary N) is 1. The summed E-state index contributed by atoms with van der Waals surface area (Å²) in [5.41, 5.74) is 2.94. The van der Waals surface area contributed by atoms with Gasteiger partial charge in [-0.05, 0) is 37.3 Å². The molecule has 1 aliphatic carbocycles. The first-order valence-electron chi connectivity index (χ1n) is 6.95. The number of hydrogen-bond donors (Lipinski definition) is 1. The summed E-state index contributed by atoms with van der Waals surface area (Å²) in [6.07, 6.45) is 5.21. The minimum Gasteiger partial charge on any atom is -0.370 e. The third kappa shape index (κ3) is 2.47. The summed E-state index contributed by atoms with van der Waals surface area (Å²) < 4.78 is 0. The molecule has 1 unspecified atom stereocenters. The summed E-state index contributed by atoms with van der Waals surface area (Å²) in [6.45, 7) is 4.64. The zero-order valence-electron chi connectivity index (χ0n) is 10.7. The lowest BCUT2D eigenvalue weighted by Gasteiger charge is -2.22. The Labute approximate surface area is 104 Å². The molecule has 0 spiro atoms. The maximum absolute atomic E-state index is 3.75. The van der Waals surface area contributed by atoms with Crippen LogP contribution in [0.4, 0.5) is 5.69 Å². The first-order chi connectivity index (χ1) is 8.36. The minimum atomic E-state index is 0.715. The van der Waals surface area contributed by atoms with Crippen molar-refractivity contribution in [2.45, 2.75) is 44.7 Å². The van der Waals surface area contributed by atoms with Gasteiger partial charge >= 0.3 is 0 Å². The van der Waals surface area contributed by atoms with E-state index in [-0.39, 0.29) is 0 Å². The van der Waals surface area contributed by atoms with Crippen LogP contribution in [0.2, 0.25) is 0 Å². The Kier molecular flexibility index (Phi) is 3.06. The fourth-order valence-corrected chi connectivity index (χ4v) is 2.82. The molecule has 2 heteroatoms. The van der Waals surface area contributed by atoms with Gasteiger partial charge in [0.2, 0.25) is 0 Å². The highest BCUT2D eigenvalue weighted by atomic mass is 15.2. The Hall–Kier alpha value is -1.02. The topological polar surface area (TPSA) is 15.3 Å². The molecular weight excluding hydrogens is 208 g/mol. The average Bonchev–Trinajstić information content (AvgIpc) is 3.05. The number of aryl methyl sites for hydroxylation is 1. The molecule has 2 aliphatic rings. The molecule has 0 bridgehead atoms. The van der Waals surface area contributed by atoms with Crippen molar-refractivity contribution in [3.05, 3.63) is 29.8 Å². The monoisotopic (exact) mass is 230 g/mol. The van der Waals surface area contributed by atoms with Crippen molar-refractivity contribution in [3.63, 3.8) is 0 Å². The van der Waals surface area contributed by atoms with Gasteiger partial charge in [0.05, 0.1) is 0 Å². The lowest BCUT2D eigenvalue weighted by Crippen LogP contribution is -2.34. The lowest BCUT2D eigenvalue weighted by molar-refractivity contribution is 0.548. The summed E-state index contributed by atoms with van der Waals surface area (Å²) in [5, 5.41) is 3.75. The Morgan fingerprint density at radius 2 is 2.00 bits per heavy atom. The smallest absolute Gasteiger partial charge is 0.0399 e. The Morgan fingerprint density at radius 1 is 1.18 bits per heavy atom. The summed E-state index contributed by atoms with van der Waals surface area (Å²) >= 11 is 0. The molecule has 1 atom stereocenters. The van der Waals surface area contributed by atoms with Gasteiger partial charge in [-0.2, -0.15) is 0 Å². The molecule has 1 N–H and O–H groups in total. The molecule has 0 radical (unpaired) electrons. The molecule has 0 amide bonds. The van der Waals surface area contributed by atoms with E-state index >= 15 is 0 Å². The normalized spacial score (nSPS) is 24.3. The maximum atomic E-state index is 3.75. The highest BCUT2D eigenvalue weighted by Gasteiger charge is 2.29. The predicted molar refractivity (Wildman–Crippen MR) is 72.6 cm³/mol. The van der Waals surface area contributed by atoms with Crippen molar-refractivity contribution in [2.75, 3.05) is 18.0 Å². The van der Waals surface area contributed by atoms with Gasteiger partial charge in [0.25, 0.3) is 0 Å². The maximum Gasteiger partial charge on any atom is 0.0399 e. The first kappa shape index (κ1) is 11.1. The fraction of sp³-hybridized carbons (Fsp3) is 0.600. The molecule has 92 valence electrons. The largest absolute Gasteiger partial charge is 0.370 e. The molecule has 3 rings (SSSR count). The van der Waals surface area contributed by atoms with Crippen molar-refractivity contribution in [1.29, 1.82) is 0 Å². The van der Waals surface area contributed by atoms with Gasteiger partial charge < -0.3 is 10.2 Å². The van der Waals surface area contributed by atoms with E-state index in [9.17, 15) is 0 Å². The minimum absolute atomic E-state index is 0.715. The molecule has 1 aromatic rings. The van der Waals surface area contributed by atoms with Crippen LogP contribution in [0.25, 0.3) is 0 Å². The quantitative estimate of drug-likeness (QED) is 0.855.